The van der Waals surface area contributed by atoms with Gasteiger partial charge in [-0.25, -0.2) is 0 Å². The third kappa shape index (κ3) is 5.38. The number of halogens is 3. The Morgan fingerprint density at radius 2 is 1.76 bits per heavy atom. The molecule has 0 spiro atoms. The first-order chi connectivity index (χ1) is 9.61. The molecule has 0 aliphatic carbocycles. The zero-order valence-electron chi connectivity index (χ0n) is 12.4. The van der Waals surface area contributed by atoms with E-state index in [-0.39, 0.29) is 12.5 Å². The third-order valence-corrected chi connectivity index (χ3v) is 3.12. The minimum Gasteiger partial charge on any atom is -0.340 e. The number of amides is 1. The molecule has 21 heavy (non-hydrogen) atoms. The van der Waals surface area contributed by atoms with E-state index in [1.54, 1.807) is 7.05 Å². The standard InChI is InChI=1S/C15H21F3N2O/c1-10(2)8-13(19)14(21)20(3)9-11-4-6-12(7-5-11)15(16,17)18/h4-7,10,13H,8-9,19H2,1-3H3/t13-/m1/s1. The van der Waals surface area contributed by atoms with Crippen molar-refractivity contribution in [2.45, 2.75) is 39.0 Å². The van der Waals surface area contributed by atoms with Gasteiger partial charge in [0.1, 0.15) is 0 Å². The largest absolute Gasteiger partial charge is 0.416 e. The van der Waals surface area contributed by atoms with Crippen molar-refractivity contribution in [2.75, 3.05) is 7.05 Å². The second-order valence-electron chi connectivity index (χ2n) is 5.63. The van der Waals surface area contributed by atoms with Gasteiger partial charge < -0.3 is 10.6 Å². The number of carbonyl (C=O) groups is 1. The Hall–Kier alpha value is -1.56. The van der Waals surface area contributed by atoms with Crippen LogP contribution in [0, 0.1) is 5.92 Å². The lowest BCUT2D eigenvalue weighted by atomic mass is 10.0. The molecule has 1 aromatic carbocycles. The van der Waals surface area contributed by atoms with Gasteiger partial charge in [-0.1, -0.05) is 26.0 Å². The van der Waals surface area contributed by atoms with Gasteiger partial charge in [0.15, 0.2) is 0 Å². The molecule has 6 heteroatoms. The van der Waals surface area contributed by atoms with E-state index in [1.807, 2.05) is 13.8 Å². The monoisotopic (exact) mass is 302 g/mol. The van der Waals surface area contributed by atoms with Crippen molar-refractivity contribution in [3.8, 4) is 0 Å². The molecule has 0 saturated carbocycles. The van der Waals surface area contributed by atoms with Crippen LogP contribution in [0.2, 0.25) is 0 Å². The van der Waals surface area contributed by atoms with E-state index >= 15 is 0 Å². The smallest absolute Gasteiger partial charge is 0.340 e. The van der Waals surface area contributed by atoms with Crippen molar-refractivity contribution in [1.29, 1.82) is 0 Å². The molecule has 0 aliphatic rings. The number of alkyl halides is 3. The van der Waals surface area contributed by atoms with Gasteiger partial charge in [-0.15, -0.1) is 0 Å². The summed E-state index contributed by atoms with van der Waals surface area (Å²) < 4.78 is 37.4. The molecule has 0 bridgehead atoms. The van der Waals surface area contributed by atoms with Gasteiger partial charge >= 0.3 is 6.18 Å². The maximum atomic E-state index is 12.5. The number of nitrogens with two attached hydrogens (primary N) is 1. The number of rotatable bonds is 5. The maximum absolute atomic E-state index is 12.5. The summed E-state index contributed by atoms with van der Waals surface area (Å²) >= 11 is 0. The van der Waals surface area contributed by atoms with Crippen LogP contribution in [0.15, 0.2) is 24.3 Å². The molecule has 0 aliphatic heterocycles. The van der Waals surface area contributed by atoms with Gasteiger partial charge in [0, 0.05) is 13.6 Å². The zero-order chi connectivity index (χ0) is 16.2. The van der Waals surface area contributed by atoms with Crippen LogP contribution in [0.25, 0.3) is 0 Å². The van der Waals surface area contributed by atoms with Crippen LogP contribution in [-0.4, -0.2) is 23.9 Å². The van der Waals surface area contributed by atoms with E-state index in [0.29, 0.717) is 17.9 Å². The minimum atomic E-state index is -4.35. The number of hydrogen-bond acceptors (Lipinski definition) is 2. The molecular formula is C15H21F3N2O. The van der Waals surface area contributed by atoms with Crippen LogP contribution < -0.4 is 5.73 Å². The predicted molar refractivity (Wildman–Crippen MR) is 75.3 cm³/mol. The Labute approximate surface area is 122 Å². The highest BCUT2D eigenvalue weighted by atomic mass is 19.4. The Bertz CT molecular complexity index is 469. The number of benzene rings is 1. The lowest BCUT2D eigenvalue weighted by molar-refractivity contribution is -0.137. The maximum Gasteiger partial charge on any atom is 0.416 e. The summed E-state index contributed by atoms with van der Waals surface area (Å²) in [6.45, 7) is 4.19. The summed E-state index contributed by atoms with van der Waals surface area (Å²) in [6, 6.07) is 4.20. The molecule has 0 saturated heterocycles. The van der Waals surface area contributed by atoms with E-state index in [2.05, 4.69) is 0 Å². The van der Waals surface area contributed by atoms with E-state index in [0.717, 1.165) is 12.1 Å². The number of hydrogen-bond donors (Lipinski definition) is 1. The average molecular weight is 302 g/mol. The van der Waals surface area contributed by atoms with Crippen LogP contribution in [0.5, 0.6) is 0 Å². The Balaban J connectivity index is 2.66. The molecule has 3 nitrogen and oxygen atoms in total. The summed E-state index contributed by atoms with van der Waals surface area (Å²) in [4.78, 5) is 13.5. The second-order valence-corrected chi connectivity index (χ2v) is 5.63. The topological polar surface area (TPSA) is 46.3 Å². The Morgan fingerprint density at radius 1 is 1.24 bits per heavy atom. The molecular weight excluding hydrogens is 281 g/mol. The molecule has 118 valence electrons. The summed E-state index contributed by atoms with van der Waals surface area (Å²) in [5, 5.41) is 0. The molecule has 0 aromatic heterocycles. The molecule has 1 rings (SSSR count). The number of likely N-dealkylation sites (N-methyl/N-ethyl adjacent to an activating group) is 1. The molecule has 1 aromatic rings. The second kappa shape index (κ2) is 6.93. The highest BCUT2D eigenvalue weighted by molar-refractivity contribution is 5.81. The quantitative estimate of drug-likeness (QED) is 0.908. The van der Waals surface area contributed by atoms with Crippen LogP contribution in [-0.2, 0) is 17.5 Å². The van der Waals surface area contributed by atoms with Crippen molar-refractivity contribution < 1.29 is 18.0 Å². The SMILES string of the molecule is CC(C)C[C@@H](N)C(=O)N(C)Cc1ccc(C(F)(F)F)cc1. The first-order valence-corrected chi connectivity index (χ1v) is 6.78. The van der Waals surface area contributed by atoms with Crippen molar-refractivity contribution in [1.82, 2.24) is 4.90 Å². The fraction of sp³-hybridized carbons (Fsp3) is 0.533. The third-order valence-electron chi connectivity index (χ3n) is 3.12. The van der Waals surface area contributed by atoms with Gasteiger partial charge in [0.25, 0.3) is 0 Å². The fourth-order valence-corrected chi connectivity index (χ4v) is 2.04. The zero-order valence-corrected chi connectivity index (χ0v) is 12.4. The van der Waals surface area contributed by atoms with Crippen LogP contribution in [0.3, 0.4) is 0 Å². The Morgan fingerprint density at radius 3 is 2.19 bits per heavy atom. The highest BCUT2D eigenvalue weighted by Crippen LogP contribution is 2.29. The van der Waals surface area contributed by atoms with Crippen molar-refractivity contribution in [3.05, 3.63) is 35.4 Å². The lowest BCUT2D eigenvalue weighted by Crippen LogP contribution is -2.42. The Kier molecular flexibility index (Phi) is 5.78. The lowest BCUT2D eigenvalue weighted by Gasteiger charge is -2.22. The van der Waals surface area contributed by atoms with E-state index in [1.165, 1.54) is 17.0 Å². The van der Waals surface area contributed by atoms with Crippen molar-refractivity contribution >= 4 is 5.91 Å². The van der Waals surface area contributed by atoms with E-state index < -0.39 is 17.8 Å². The summed E-state index contributed by atoms with van der Waals surface area (Å²) in [7, 11) is 1.60. The molecule has 1 amide bonds. The first kappa shape index (κ1) is 17.5. The summed E-state index contributed by atoms with van der Waals surface area (Å²) in [6.07, 6.45) is -3.77. The van der Waals surface area contributed by atoms with Gasteiger partial charge in [-0.3, -0.25) is 4.79 Å². The minimum absolute atomic E-state index is 0.205. The molecule has 0 radical (unpaired) electrons. The van der Waals surface area contributed by atoms with E-state index in [9.17, 15) is 18.0 Å². The molecule has 1 atom stereocenters. The van der Waals surface area contributed by atoms with Gasteiger partial charge in [0.05, 0.1) is 11.6 Å². The summed E-state index contributed by atoms with van der Waals surface area (Å²) in [5.41, 5.74) is 5.75. The van der Waals surface area contributed by atoms with Crippen molar-refractivity contribution in [2.24, 2.45) is 11.7 Å². The average Bonchev–Trinajstić information content (AvgIpc) is 2.36. The molecule has 2 N–H and O–H groups in total. The summed E-state index contributed by atoms with van der Waals surface area (Å²) in [5.74, 6) is 0.104. The molecule has 0 unspecified atom stereocenters. The highest BCUT2D eigenvalue weighted by Gasteiger charge is 2.30. The predicted octanol–water partition coefficient (Wildman–Crippen LogP) is 3.04. The van der Waals surface area contributed by atoms with Gasteiger partial charge in [0.2, 0.25) is 5.91 Å². The van der Waals surface area contributed by atoms with E-state index in [4.69, 9.17) is 5.73 Å². The van der Waals surface area contributed by atoms with Crippen LogP contribution in [0.1, 0.15) is 31.4 Å². The van der Waals surface area contributed by atoms with Crippen LogP contribution >= 0.6 is 0 Å². The fourth-order valence-electron chi connectivity index (χ4n) is 2.04. The van der Waals surface area contributed by atoms with Gasteiger partial charge in [-0.05, 0) is 30.0 Å². The number of nitrogens with zero attached hydrogens (tertiary/aromatic N) is 1. The molecule has 0 heterocycles. The number of carbonyl (C=O) groups excluding carboxylic acids is 1. The van der Waals surface area contributed by atoms with Crippen molar-refractivity contribution in [3.63, 3.8) is 0 Å². The first-order valence-electron chi connectivity index (χ1n) is 6.78. The normalized spacial score (nSPS) is 13.3. The van der Waals surface area contributed by atoms with Crippen LogP contribution in [0.4, 0.5) is 13.2 Å². The molecule has 0 fully saturated rings. The van der Waals surface area contributed by atoms with Gasteiger partial charge in [-0.2, -0.15) is 13.2 Å².